The van der Waals surface area contributed by atoms with Crippen LogP contribution >= 0.6 is 0 Å². The van der Waals surface area contributed by atoms with Crippen LogP contribution in [0.1, 0.15) is 7.85 Å². The molecule has 0 saturated carbocycles. The molecule has 14 heavy (non-hydrogen) atoms. The molecule has 0 atom stereocenters. The van der Waals surface area contributed by atoms with E-state index in [1.165, 1.54) is 14.2 Å². The van der Waals surface area contributed by atoms with E-state index in [9.17, 15) is 9.59 Å². The van der Waals surface area contributed by atoms with E-state index < -0.39 is 19.3 Å². The Balaban J connectivity index is -0.0000000883. The van der Waals surface area contributed by atoms with Gasteiger partial charge in [0.15, 0.2) is 0 Å². The molecule has 0 radical (unpaired) electrons. The Morgan fingerprint density at radius 1 is 1.14 bits per heavy atom. The van der Waals surface area contributed by atoms with Crippen molar-refractivity contribution in [2.75, 3.05) is 14.2 Å². The van der Waals surface area contributed by atoms with Crippen molar-refractivity contribution in [3.05, 3.63) is 0 Å². The number of rotatable bonds is 2. The Bertz CT molecular complexity index is 151. The number of carbonyl (C=O) groups excluding carboxylic acids is 2. The van der Waals surface area contributed by atoms with Crippen molar-refractivity contribution in [1.82, 2.24) is 0 Å². The van der Waals surface area contributed by atoms with Gasteiger partial charge in [0.2, 0.25) is 0 Å². The Labute approximate surface area is 94.8 Å². The molecule has 0 aromatic rings. The SMILES string of the molecule is COC(=O)CC(=O)OC.OB(O)O.[H-].[Li+]. The van der Waals surface area contributed by atoms with Crippen LogP contribution in [0.4, 0.5) is 0 Å². The van der Waals surface area contributed by atoms with Crippen LogP contribution in [0.15, 0.2) is 0 Å². The third-order valence-corrected chi connectivity index (χ3v) is 0.744. The van der Waals surface area contributed by atoms with Gasteiger partial charge >= 0.3 is 38.1 Å². The summed E-state index contributed by atoms with van der Waals surface area (Å²) in [4.78, 5) is 20.5. The molecule has 0 aliphatic rings. The van der Waals surface area contributed by atoms with Gasteiger partial charge in [0.1, 0.15) is 6.42 Å². The van der Waals surface area contributed by atoms with Gasteiger partial charge in [0, 0.05) is 0 Å². The quantitative estimate of drug-likeness (QED) is 0.233. The fourth-order valence-corrected chi connectivity index (χ4v) is 0.262. The topological polar surface area (TPSA) is 113 Å². The predicted octanol–water partition coefficient (Wildman–Crippen LogP) is -5.21. The smallest absolute Gasteiger partial charge is 1.00 e. The number of ether oxygens (including phenoxy) is 2. The summed E-state index contributed by atoms with van der Waals surface area (Å²) in [6, 6.07) is 0. The molecule has 9 heteroatoms. The normalized spacial score (nSPS) is 7.21. The van der Waals surface area contributed by atoms with E-state index in [4.69, 9.17) is 15.1 Å². The van der Waals surface area contributed by atoms with Gasteiger partial charge in [-0.25, -0.2) is 0 Å². The monoisotopic (exact) mass is 202 g/mol. The van der Waals surface area contributed by atoms with Crippen molar-refractivity contribution in [2.45, 2.75) is 6.42 Å². The molecule has 0 rings (SSSR count). The summed E-state index contributed by atoms with van der Waals surface area (Å²) in [6.07, 6.45) is -0.312. The van der Waals surface area contributed by atoms with Crippen molar-refractivity contribution < 1.29 is 54.4 Å². The number of esters is 2. The second-order valence-corrected chi connectivity index (χ2v) is 1.68. The molecule has 0 aliphatic heterocycles. The zero-order chi connectivity index (χ0) is 10.9. The van der Waals surface area contributed by atoms with Gasteiger partial charge in [-0.15, -0.1) is 0 Å². The molecular weight excluding hydrogens is 190 g/mol. The van der Waals surface area contributed by atoms with Crippen molar-refractivity contribution in [2.24, 2.45) is 0 Å². The minimum atomic E-state index is -2.17. The van der Waals surface area contributed by atoms with Gasteiger partial charge in [0.25, 0.3) is 0 Å². The number of hydrogen-bond donors (Lipinski definition) is 3. The van der Waals surface area contributed by atoms with E-state index in [0.29, 0.717) is 0 Å². The van der Waals surface area contributed by atoms with Crippen LogP contribution in [0.3, 0.4) is 0 Å². The molecule has 0 saturated heterocycles. The molecular formula is C5H12BLiO7. The van der Waals surface area contributed by atoms with Crippen molar-refractivity contribution >= 4 is 19.3 Å². The maximum Gasteiger partial charge on any atom is 1.00 e. The summed E-state index contributed by atoms with van der Waals surface area (Å²) in [7, 11) is 0.260. The maximum absolute atomic E-state index is 10.3. The molecule has 0 aliphatic carbocycles. The molecule has 3 N–H and O–H groups in total. The Kier molecular flexibility index (Phi) is 17.0. The summed E-state index contributed by atoms with van der Waals surface area (Å²) in [5, 5.41) is 21.5. The Morgan fingerprint density at radius 3 is 1.50 bits per heavy atom. The van der Waals surface area contributed by atoms with E-state index in [-0.39, 0.29) is 26.7 Å². The third kappa shape index (κ3) is 22.5. The summed E-state index contributed by atoms with van der Waals surface area (Å²) in [5.41, 5.74) is 0. The van der Waals surface area contributed by atoms with Crippen LogP contribution in [-0.4, -0.2) is 48.6 Å². The van der Waals surface area contributed by atoms with E-state index in [2.05, 4.69) is 9.47 Å². The Hall–Kier alpha value is -0.518. The molecule has 0 spiro atoms. The molecule has 0 fully saturated rings. The van der Waals surface area contributed by atoms with Gasteiger partial charge in [-0.1, -0.05) is 0 Å². The minimum Gasteiger partial charge on any atom is -1.00 e. The average Bonchev–Trinajstić information content (AvgIpc) is 2.03. The summed E-state index contributed by atoms with van der Waals surface area (Å²) >= 11 is 0. The maximum atomic E-state index is 10.3. The first-order chi connectivity index (χ1) is 5.93. The standard InChI is InChI=1S/C5H8O4.BH3O3.Li.H/c1-8-4(6)3-5(7)9-2;2-1(3)4;;/h3H2,1-2H3;2-4H;;/q;;+1;-1. The van der Waals surface area contributed by atoms with Crippen LogP contribution < -0.4 is 18.9 Å². The number of methoxy groups -OCH3 is 2. The molecule has 0 heterocycles. The fourth-order valence-electron chi connectivity index (χ4n) is 0.262. The van der Waals surface area contributed by atoms with E-state index >= 15 is 0 Å². The van der Waals surface area contributed by atoms with E-state index in [1.807, 2.05) is 0 Å². The first kappa shape index (κ1) is 19.1. The molecule has 0 bridgehead atoms. The molecule has 0 unspecified atom stereocenters. The van der Waals surface area contributed by atoms with Gasteiger partial charge in [-0.3, -0.25) is 9.59 Å². The van der Waals surface area contributed by atoms with Gasteiger partial charge in [0.05, 0.1) is 14.2 Å². The summed E-state index contributed by atoms with van der Waals surface area (Å²) in [6.45, 7) is 0. The van der Waals surface area contributed by atoms with Crippen molar-refractivity contribution in [3.63, 3.8) is 0 Å². The van der Waals surface area contributed by atoms with Gasteiger partial charge in [-0.05, 0) is 0 Å². The van der Waals surface area contributed by atoms with Crippen molar-refractivity contribution in [3.8, 4) is 0 Å². The number of hydrogen-bond acceptors (Lipinski definition) is 7. The fraction of sp³-hybridized carbons (Fsp3) is 0.600. The van der Waals surface area contributed by atoms with Crippen LogP contribution in [0, 0.1) is 0 Å². The largest absolute Gasteiger partial charge is 1.00 e. The molecule has 0 aromatic heterocycles. The van der Waals surface area contributed by atoms with Gasteiger partial charge in [-0.2, -0.15) is 0 Å². The van der Waals surface area contributed by atoms with Crippen LogP contribution in [-0.2, 0) is 19.1 Å². The number of carbonyl (C=O) groups is 2. The van der Waals surface area contributed by atoms with Crippen LogP contribution in [0.2, 0.25) is 0 Å². The zero-order valence-corrected chi connectivity index (χ0v) is 8.26. The summed E-state index contributed by atoms with van der Waals surface area (Å²) in [5.74, 6) is -1.16. The van der Waals surface area contributed by atoms with Gasteiger partial charge < -0.3 is 26.0 Å². The third-order valence-electron chi connectivity index (χ3n) is 0.744. The molecule has 78 valence electrons. The van der Waals surface area contributed by atoms with E-state index in [1.54, 1.807) is 0 Å². The zero-order valence-electron chi connectivity index (χ0n) is 9.26. The van der Waals surface area contributed by atoms with Crippen LogP contribution in [0.5, 0.6) is 0 Å². The predicted molar refractivity (Wildman–Crippen MR) is 42.2 cm³/mol. The second-order valence-electron chi connectivity index (χ2n) is 1.68. The second kappa shape index (κ2) is 12.5. The molecule has 0 aromatic carbocycles. The molecule has 7 nitrogen and oxygen atoms in total. The summed E-state index contributed by atoms with van der Waals surface area (Å²) < 4.78 is 8.37. The Morgan fingerprint density at radius 2 is 1.36 bits per heavy atom. The first-order valence-corrected chi connectivity index (χ1v) is 3.11. The average molecular weight is 202 g/mol. The first-order valence-electron chi connectivity index (χ1n) is 3.11. The van der Waals surface area contributed by atoms with E-state index in [0.717, 1.165) is 0 Å². The van der Waals surface area contributed by atoms with Crippen LogP contribution in [0.25, 0.3) is 0 Å². The van der Waals surface area contributed by atoms with Crippen molar-refractivity contribution in [1.29, 1.82) is 0 Å². The minimum absolute atomic E-state index is 0. The molecule has 0 amide bonds.